The Morgan fingerprint density at radius 3 is 2.08 bits per heavy atom. The van der Waals surface area contributed by atoms with Crippen LogP contribution < -0.4 is 0 Å². The maximum atomic E-state index is 13.9. The molecule has 0 saturated carbocycles. The fourth-order valence-electron chi connectivity index (χ4n) is 3.03. The van der Waals surface area contributed by atoms with Crippen LogP contribution >= 0.6 is 0 Å². The van der Waals surface area contributed by atoms with Crippen LogP contribution in [0.1, 0.15) is 77.7 Å². The molecule has 0 heterocycles. The monoisotopic (exact) mass is 378 g/mol. The van der Waals surface area contributed by atoms with Gasteiger partial charge in [-0.05, 0) is 31.9 Å². The van der Waals surface area contributed by atoms with Crippen LogP contribution in [0.3, 0.4) is 0 Å². The zero-order valence-electron chi connectivity index (χ0n) is 15.9. The molecule has 0 radical (unpaired) electrons. The summed E-state index contributed by atoms with van der Waals surface area (Å²) in [4.78, 5) is 0. The van der Waals surface area contributed by atoms with Gasteiger partial charge in [0.2, 0.25) is 0 Å². The molecule has 0 aliphatic heterocycles. The molecule has 6 heteroatoms. The summed E-state index contributed by atoms with van der Waals surface area (Å²) in [7, 11) is 0. The zero-order chi connectivity index (χ0) is 19.7. The number of hydrogen-bond acceptors (Lipinski definition) is 2. The van der Waals surface area contributed by atoms with Crippen LogP contribution in [0.4, 0.5) is 17.6 Å². The standard InChI is InChI=1S/C20H30F4O2/c1-4-5-6-7-8-9-10-11-20(25,26-14(2)3)13-15-12-16(21)18(23)19(24)17(15)22/h12,14,25H,4-11,13H2,1-3H3. The van der Waals surface area contributed by atoms with Crippen molar-refractivity contribution >= 4 is 0 Å². The fourth-order valence-corrected chi connectivity index (χ4v) is 3.03. The molecule has 1 rings (SSSR count). The molecule has 0 amide bonds. The summed E-state index contributed by atoms with van der Waals surface area (Å²) in [5.41, 5.74) is -0.438. The molecule has 2 nitrogen and oxygen atoms in total. The summed E-state index contributed by atoms with van der Waals surface area (Å²) in [5.74, 6) is -8.46. The van der Waals surface area contributed by atoms with E-state index in [0.717, 1.165) is 19.3 Å². The largest absolute Gasteiger partial charge is 0.365 e. The first kappa shape index (κ1) is 22.9. The van der Waals surface area contributed by atoms with Gasteiger partial charge < -0.3 is 9.84 Å². The smallest absolute Gasteiger partial charge is 0.197 e. The normalized spacial score (nSPS) is 14.0. The summed E-state index contributed by atoms with van der Waals surface area (Å²) < 4.78 is 59.4. The lowest BCUT2D eigenvalue weighted by molar-refractivity contribution is -0.226. The minimum atomic E-state index is -1.87. The Kier molecular flexibility index (Phi) is 9.58. The van der Waals surface area contributed by atoms with E-state index in [0.29, 0.717) is 12.5 Å². The molecule has 0 spiro atoms. The number of aliphatic hydroxyl groups is 1. The summed E-state index contributed by atoms with van der Waals surface area (Å²) in [6.07, 6.45) is 6.59. The first-order valence-corrected chi connectivity index (χ1v) is 9.42. The van der Waals surface area contributed by atoms with E-state index in [1.807, 2.05) is 0 Å². The van der Waals surface area contributed by atoms with Crippen molar-refractivity contribution in [2.45, 2.75) is 90.4 Å². The molecule has 1 atom stereocenters. The van der Waals surface area contributed by atoms with Crippen molar-refractivity contribution in [3.8, 4) is 0 Å². The second kappa shape index (κ2) is 10.9. The van der Waals surface area contributed by atoms with Crippen LogP contribution in [0.25, 0.3) is 0 Å². The van der Waals surface area contributed by atoms with E-state index in [1.54, 1.807) is 13.8 Å². The number of rotatable bonds is 12. The van der Waals surface area contributed by atoms with Crippen molar-refractivity contribution in [1.82, 2.24) is 0 Å². The first-order valence-electron chi connectivity index (χ1n) is 9.42. The predicted octanol–water partition coefficient (Wildman–Crippen LogP) is 6.04. The van der Waals surface area contributed by atoms with E-state index in [1.165, 1.54) is 19.3 Å². The van der Waals surface area contributed by atoms with Gasteiger partial charge in [-0.2, -0.15) is 0 Å². The van der Waals surface area contributed by atoms with Crippen molar-refractivity contribution in [2.75, 3.05) is 0 Å². The Morgan fingerprint density at radius 2 is 1.50 bits per heavy atom. The third kappa shape index (κ3) is 7.23. The Morgan fingerprint density at radius 1 is 0.923 bits per heavy atom. The van der Waals surface area contributed by atoms with Gasteiger partial charge in [0.25, 0.3) is 0 Å². The lowest BCUT2D eigenvalue weighted by atomic mass is 9.97. The minimum absolute atomic E-state index is 0.207. The van der Waals surface area contributed by atoms with Crippen molar-refractivity contribution in [2.24, 2.45) is 0 Å². The molecule has 150 valence electrons. The van der Waals surface area contributed by atoms with Crippen LogP contribution in [-0.4, -0.2) is 17.0 Å². The number of halogens is 4. The maximum Gasteiger partial charge on any atom is 0.197 e. The van der Waals surface area contributed by atoms with Gasteiger partial charge in [-0.3, -0.25) is 0 Å². The highest BCUT2D eigenvalue weighted by atomic mass is 19.2. The van der Waals surface area contributed by atoms with Gasteiger partial charge in [0, 0.05) is 12.8 Å². The van der Waals surface area contributed by atoms with Crippen molar-refractivity contribution in [3.05, 3.63) is 34.9 Å². The second-order valence-electron chi connectivity index (χ2n) is 7.12. The predicted molar refractivity (Wildman–Crippen MR) is 93.8 cm³/mol. The molecule has 0 saturated heterocycles. The van der Waals surface area contributed by atoms with Gasteiger partial charge in [0.15, 0.2) is 29.1 Å². The van der Waals surface area contributed by atoms with E-state index in [4.69, 9.17) is 4.74 Å². The number of benzene rings is 1. The molecule has 1 N–H and O–H groups in total. The molecule has 0 bridgehead atoms. The average molecular weight is 378 g/mol. The highest BCUT2D eigenvalue weighted by Crippen LogP contribution is 2.28. The van der Waals surface area contributed by atoms with E-state index in [2.05, 4.69) is 6.92 Å². The van der Waals surface area contributed by atoms with Gasteiger partial charge in [0.1, 0.15) is 0 Å². The van der Waals surface area contributed by atoms with E-state index in [-0.39, 0.29) is 12.5 Å². The molecule has 0 fully saturated rings. The maximum absolute atomic E-state index is 13.9. The highest BCUT2D eigenvalue weighted by Gasteiger charge is 2.32. The Labute approximate surface area is 153 Å². The van der Waals surface area contributed by atoms with Crippen LogP contribution in [0.5, 0.6) is 0 Å². The topological polar surface area (TPSA) is 29.5 Å². The van der Waals surface area contributed by atoms with Crippen LogP contribution in [0.15, 0.2) is 6.07 Å². The van der Waals surface area contributed by atoms with E-state index in [9.17, 15) is 22.7 Å². The molecular formula is C20H30F4O2. The molecule has 0 aliphatic carbocycles. The molecule has 26 heavy (non-hydrogen) atoms. The Bertz CT molecular complexity index is 563. The second-order valence-corrected chi connectivity index (χ2v) is 7.12. The highest BCUT2D eigenvalue weighted by molar-refractivity contribution is 5.23. The van der Waals surface area contributed by atoms with Crippen molar-refractivity contribution in [1.29, 1.82) is 0 Å². The van der Waals surface area contributed by atoms with Crippen LogP contribution in [-0.2, 0) is 11.2 Å². The van der Waals surface area contributed by atoms with E-state index >= 15 is 0 Å². The van der Waals surface area contributed by atoms with Gasteiger partial charge in [0.05, 0.1) is 6.10 Å². The molecule has 1 unspecified atom stereocenters. The fraction of sp³-hybridized carbons (Fsp3) is 0.700. The van der Waals surface area contributed by atoms with Crippen LogP contribution in [0, 0.1) is 23.3 Å². The lowest BCUT2D eigenvalue weighted by Crippen LogP contribution is -2.38. The van der Waals surface area contributed by atoms with Gasteiger partial charge in [-0.1, -0.05) is 45.4 Å². The lowest BCUT2D eigenvalue weighted by Gasteiger charge is -2.31. The van der Waals surface area contributed by atoms with Gasteiger partial charge in [-0.25, -0.2) is 17.6 Å². The van der Waals surface area contributed by atoms with Gasteiger partial charge >= 0.3 is 0 Å². The SMILES string of the molecule is CCCCCCCCCC(O)(Cc1cc(F)c(F)c(F)c1F)OC(C)C. The quantitative estimate of drug-likeness (QED) is 0.158. The van der Waals surface area contributed by atoms with Gasteiger partial charge in [-0.15, -0.1) is 0 Å². The third-order valence-corrected chi connectivity index (χ3v) is 4.27. The Balaban J connectivity index is 2.74. The summed E-state index contributed by atoms with van der Waals surface area (Å²) >= 11 is 0. The van der Waals surface area contributed by atoms with Crippen molar-refractivity contribution < 1.29 is 27.4 Å². The number of ether oxygens (including phenoxy) is 1. The molecule has 0 aliphatic rings. The Hall–Kier alpha value is -1.14. The first-order chi connectivity index (χ1) is 12.2. The third-order valence-electron chi connectivity index (χ3n) is 4.27. The number of unbranched alkanes of at least 4 members (excludes halogenated alkanes) is 6. The summed E-state index contributed by atoms with van der Waals surface area (Å²) in [6, 6.07) is 0.577. The number of hydrogen-bond donors (Lipinski definition) is 1. The average Bonchev–Trinajstić information content (AvgIpc) is 2.56. The molecular weight excluding hydrogens is 348 g/mol. The summed E-state index contributed by atoms with van der Waals surface area (Å²) in [6.45, 7) is 5.55. The minimum Gasteiger partial charge on any atom is -0.365 e. The molecule has 1 aromatic rings. The van der Waals surface area contributed by atoms with Crippen LogP contribution in [0.2, 0.25) is 0 Å². The van der Waals surface area contributed by atoms with Crippen molar-refractivity contribution in [3.63, 3.8) is 0 Å². The molecule has 1 aromatic carbocycles. The zero-order valence-corrected chi connectivity index (χ0v) is 15.9. The summed E-state index contributed by atoms with van der Waals surface area (Å²) in [5, 5.41) is 10.7. The molecule has 0 aromatic heterocycles. The van der Waals surface area contributed by atoms with E-state index < -0.39 is 41.0 Å².